The monoisotopic (exact) mass is 185 g/mol. The molecule has 0 amide bonds. The zero-order valence-corrected chi connectivity index (χ0v) is 10.2. The first kappa shape index (κ1) is 13.0. The fraction of sp³-hybridized carbons (Fsp3) is 1.00. The molecule has 0 rings (SSSR count). The van der Waals surface area contributed by atoms with E-state index < -0.39 is 0 Å². The summed E-state index contributed by atoms with van der Waals surface area (Å²) in [6, 6.07) is 0. The van der Waals surface area contributed by atoms with Gasteiger partial charge in [-0.3, -0.25) is 0 Å². The summed E-state index contributed by atoms with van der Waals surface area (Å²) in [7, 11) is 0. The molecule has 0 aromatic carbocycles. The van der Waals surface area contributed by atoms with Crippen LogP contribution in [0, 0.1) is 29.6 Å². The highest BCUT2D eigenvalue weighted by Gasteiger charge is 2.24. The highest BCUT2D eigenvalue weighted by molar-refractivity contribution is 4.74. The molecule has 0 aliphatic heterocycles. The summed E-state index contributed by atoms with van der Waals surface area (Å²) in [5, 5.41) is 0. The number of hydrogen-bond acceptors (Lipinski definition) is 1. The van der Waals surface area contributed by atoms with Gasteiger partial charge in [-0.05, 0) is 36.1 Å². The fourth-order valence-electron chi connectivity index (χ4n) is 1.82. The Balaban J connectivity index is 4.15. The SMILES string of the molecule is CC(C)C(C)C(C)C(C)C(C)CN. The minimum atomic E-state index is 0.649. The Labute approximate surface area is 84.1 Å². The predicted octanol–water partition coefficient (Wildman–Crippen LogP) is 3.15. The second-order valence-electron chi connectivity index (χ2n) is 5.03. The van der Waals surface area contributed by atoms with Gasteiger partial charge in [0, 0.05) is 0 Å². The molecule has 0 saturated heterocycles. The Bertz CT molecular complexity index is 131. The van der Waals surface area contributed by atoms with E-state index in [1.165, 1.54) is 0 Å². The van der Waals surface area contributed by atoms with Gasteiger partial charge in [0.1, 0.15) is 0 Å². The van der Waals surface area contributed by atoms with E-state index in [9.17, 15) is 0 Å². The quantitative estimate of drug-likeness (QED) is 0.699. The zero-order chi connectivity index (χ0) is 10.6. The van der Waals surface area contributed by atoms with Crippen LogP contribution in [0.25, 0.3) is 0 Å². The summed E-state index contributed by atoms with van der Waals surface area (Å²) in [5.74, 6) is 3.74. The molecule has 1 nitrogen and oxygen atoms in total. The van der Waals surface area contributed by atoms with E-state index in [2.05, 4.69) is 41.5 Å². The molecule has 13 heavy (non-hydrogen) atoms. The minimum absolute atomic E-state index is 0.649. The summed E-state index contributed by atoms with van der Waals surface area (Å²) in [6.07, 6.45) is 0. The van der Waals surface area contributed by atoms with E-state index in [0.29, 0.717) is 5.92 Å². The first-order valence-corrected chi connectivity index (χ1v) is 5.61. The molecule has 0 heterocycles. The maximum Gasteiger partial charge on any atom is -0.00489 e. The smallest absolute Gasteiger partial charge is 0.00489 e. The molecule has 0 spiro atoms. The van der Waals surface area contributed by atoms with Gasteiger partial charge in [0.25, 0.3) is 0 Å². The molecule has 0 aliphatic carbocycles. The first-order chi connectivity index (χ1) is 5.91. The van der Waals surface area contributed by atoms with Gasteiger partial charge in [0.2, 0.25) is 0 Å². The third-order valence-electron chi connectivity index (χ3n) is 3.98. The van der Waals surface area contributed by atoms with E-state index in [-0.39, 0.29) is 0 Å². The third-order valence-corrected chi connectivity index (χ3v) is 3.98. The number of nitrogens with two attached hydrogens (primary N) is 1. The second-order valence-corrected chi connectivity index (χ2v) is 5.03. The second kappa shape index (κ2) is 5.64. The fourth-order valence-corrected chi connectivity index (χ4v) is 1.82. The average molecular weight is 185 g/mol. The maximum atomic E-state index is 5.69. The minimum Gasteiger partial charge on any atom is -0.330 e. The van der Waals surface area contributed by atoms with Gasteiger partial charge < -0.3 is 5.73 Å². The van der Waals surface area contributed by atoms with Gasteiger partial charge in [-0.2, -0.15) is 0 Å². The van der Waals surface area contributed by atoms with Crippen molar-refractivity contribution in [1.82, 2.24) is 0 Å². The van der Waals surface area contributed by atoms with E-state index in [1.807, 2.05) is 0 Å². The van der Waals surface area contributed by atoms with Gasteiger partial charge in [-0.1, -0.05) is 41.5 Å². The highest BCUT2D eigenvalue weighted by atomic mass is 14.5. The van der Waals surface area contributed by atoms with Crippen LogP contribution < -0.4 is 5.73 Å². The lowest BCUT2D eigenvalue weighted by Crippen LogP contribution is -2.28. The third kappa shape index (κ3) is 3.68. The van der Waals surface area contributed by atoms with E-state index in [1.54, 1.807) is 0 Å². The number of hydrogen-bond donors (Lipinski definition) is 1. The first-order valence-electron chi connectivity index (χ1n) is 5.61. The Kier molecular flexibility index (Phi) is 5.62. The van der Waals surface area contributed by atoms with Gasteiger partial charge in [0.05, 0.1) is 0 Å². The molecule has 80 valence electrons. The average Bonchev–Trinajstić information content (AvgIpc) is 2.12. The molecule has 0 radical (unpaired) electrons. The Morgan fingerprint density at radius 2 is 1.23 bits per heavy atom. The van der Waals surface area contributed by atoms with Gasteiger partial charge in [-0.15, -0.1) is 0 Å². The van der Waals surface area contributed by atoms with Crippen molar-refractivity contribution in [3.8, 4) is 0 Å². The Morgan fingerprint density at radius 3 is 1.54 bits per heavy atom. The number of rotatable bonds is 5. The molecular formula is C12H27N. The maximum absolute atomic E-state index is 5.69. The van der Waals surface area contributed by atoms with Crippen LogP contribution in [0.5, 0.6) is 0 Å². The molecule has 0 aromatic heterocycles. The summed E-state index contributed by atoms with van der Waals surface area (Å²) in [4.78, 5) is 0. The van der Waals surface area contributed by atoms with Gasteiger partial charge >= 0.3 is 0 Å². The van der Waals surface area contributed by atoms with Crippen molar-refractivity contribution in [1.29, 1.82) is 0 Å². The summed E-state index contributed by atoms with van der Waals surface area (Å²) in [5.41, 5.74) is 5.69. The van der Waals surface area contributed by atoms with E-state index >= 15 is 0 Å². The molecule has 4 unspecified atom stereocenters. The summed E-state index contributed by atoms with van der Waals surface area (Å²) >= 11 is 0. The van der Waals surface area contributed by atoms with Crippen LogP contribution in [0.2, 0.25) is 0 Å². The predicted molar refractivity (Wildman–Crippen MR) is 60.5 cm³/mol. The highest BCUT2D eigenvalue weighted by Crippen LogP contribution is 2.30. The van der Waals surface area contributed by atoms with Crippen molar-refractivity contribution < 1.29 is 0 Å². The molecule has 0 aromatic rings. The summed E-state index contributed by atoms with van der Waals surface area (Å²) < 4.78 is 0. The van der Waals surface area contributed by atoms with E-state index in [4.69, 9.17) is 5.73 Å². The zero-order valence-electron chi connectivity index (χ0n) is 10.2. The molecule has 0 fully saturated rings. The Hall–Kier alpha value is -0.0400. The molecule has 1 heteroatoms. The lowest BCUT2D eigenvalue weighted by molar-refractivity contribution is 0.179. The van der Waals surface area contributed by atoms with Gasteiger partial charge in [0.15, 0.2) is 0 Å². The molecule has 2 N–H and O–H groups in total. The van der Waals surface area contributed by atoms with Crippen LogP contribution >= 0.6 is 0 Å². The van der Waals surface area contributed by atoms with Crippen LogP contribution in [0.15, 0.2) is 0 Å². The topological polar surface area (TPSA) is 26.0 Å². The van der Waals surface area contributed by atoms with Crippen LogP contribution in [0.1, 0.15) is 41.5 Å². The normalized spacial score (nSPS) is 21.2. The van der Waals surface area contributed by atoms with Crippen molar-refractivity contribution in [2.75, 3.05) is 6.54 Å². The molecular weight excluding hydrogens is 158 g/mol. The molecule has 0 saturated carbocycles. The van der Waals surface area contributed by atoms with Crippen LogP contribution in [0.4, 0.5) is 0 Å². The lowest BCUT2D eigenvalue weighted by atomic mass is 9.74. The van der Waals surface area contributed by atoms with E-state index in [0.717, 1.165) is 30.2 Å². The van der Waals surface area contributed by atoms with Crippen LogP contribution in [-0.4, -0.2) is 6.54 Å². The molecule has 0 aliphatic rings. The van der Waals surface area contributed by atoms with Gasteiger partial charge in [-0.25, -0.2) is 0 Å². The standard InChI is InChI=1S/C12H27N/c1-8(2)10(4)12(6)11(5)9(3)7-13/h8-12H,7,13H2,1-6H3. The van der Waals surface area contributed by atoms with Crippen molar-refractivity contribution in [3.63, 3.8) is 0 Å². The summed E-state index contributed by atoms with van der Waals surface area (Å²) in [6.45, 7) is 14.7. The molecule has 0 bridgehead atoms. The largest absolute Gasteiger partial charge is 0.330 e. The Morgan fingerprint density at radius 1 is 0.769 bits per heavy atom. The van der Waals surface area contributed by atoms with Crippen molar-refractivity contribution in [3.05, 3.63) is 0 Å². The van der Waals surface area contributed by atoms with Crippen molar-refractivity contribution >= 4 is 0 Å². The van der Waals surface area contributed by atoms with Crippen LogP contribution in [-0.2, 0) is 0 Å². The lowest BCUT2D eigenvalue weighted by Gasteiger charge is -2.32. The van der Waals surface area contributed by atoms with Crippen molar-refractivity contribution in [2.24, 2.45) is 35.3 Å². The van der Waals surface area contributed by atoms with Crippen LogP contribution in [0.3, 0.4) is 0 Å². The van der Waals surface area contributed by atoms with Crippen molar-refractivity contribution in [2.45, 2.75) is 41.5 Å². The molecule has 4 atom stereocenters.